The Labute approximate surface area is 132 Å². The van der Waals surface area contributed by atoms with Crippen LogP contribution in [-0.2, 0) is 0 Å². The fraction of sp³-hybridized carbons (Fsp3) is 0.200. The van der Waals surface area contributed by atoms with Crippen LogP contribution < -0.4 is 16.7 Å². The molecule has 2 nitrogen and oxygen atoms in total. The molecular weight excluding hydrogens is 300 g/mol. The molecule has 0 atom stereocenters. The van der Waals surface area contributed by atoms with E-state index in [1.807, 2.05) is 24.3 Å². The lowest BCUT2D eigenvalue weighted by Gasteiger charge is -2.23. The first kappa shape index (κ1) is 15.3. The van der Waals surface area contributed by atoms with Gasteiger partial charge in [-0.3, -0.25) is 0 Å². The molecule has 0 unspecified atom stereocenters. The predicted octanol–water partition coefficient (Wildman–Crippen LogP) is 3.64. The molecular formula is C15H20N2S2Si. The Morgan fingerprint density at radius 3 is 2.00 bits per heavy atom. The largest absolute Gasteiger partial charge is 0.398 e. The molecule has 0 spiro atoms. The van der Waals surface area contributed by atoms with E-state index in [2.05, 4.69) is 51.0 Å². The molecule has 0 saturated heterocycles. The van der Waals surface area contributed by atoms with Gasteiger partial charge in [0.2, 0.25) is 0 Å². The fourth-order valence-electron chi connectivity index (χ4n) is 2.19. The lowest BCUT2D eigenvalue weighted by atomic mass is 10.0. The maximum absolute atomic E-state index is 6.03. The quantitative estimate of drug-likeness (QED) is 0.388. The summed E-state index contributed by atoms with van der Waals surface area (Å²) in [4.78, 5) is 1.63. The molecule has 0 heterocycles. The van der Waals surface area contributed by atoms with Gasteiger partial charge in [0, 0.05) is 21.2 Å². The summed E-state index contributed by atoms with van der Waals surface area (Å²) in [6, 6.07) is 10.0. The number of hydrogen-bond acceptors (Lipinski definition) is 4. The highest BCUT2D eigenvalue weighted by atomic mass is 32.1. The first-order valence-corrected chi connectivity index (χ1v) is 10.8. The fourth-order valence-corrected chi connectivity index (χ4v) is 4.24. The molecule has 5 heteroatoms. The first-order valence-electron chi connectivity index (χ1n) is 6.42. The number of rotatable bonds is 2. The summed E-state index contributed by atoms with van der Waals surface area (Å²) in [5.74, 6) is 0. The normalized spacial score (nSPS) is 11.7. The van der Waals surface area contributed by atoms with Gasteiger partial charge in [-0.05, 0) is 35.4 Å². The molecule has 0 saturated carbocycles. The molecule has 0 fully saturated rings. The maximum atomic E-state index is 6.03. The Balaban J connectivity index is 2.72. The molecule has 0 bridgehead atoms. The Hall–Kier alpha value is -1.04. The summed E-state index contributed by atoms with van der Waals surface area (Å²) < 4.78 is 0. The average molecular weight is 321 g/mol. The Bertz CT molecular complexity index is 664. The van der Waals surface area contributed by atoms with Gasteiger partial charge in [0.25, 0.3) is 0 Å². The monoisotopic (exact) mass is 320 g/mol. The van der Waals surface area contributed by atoms with E-state index in [-0.39, 0.29) is 0 Å². The molecule has 2 aromatic carbocycles. The molecule has 4 N–H and O–H groups in total. The van der Waals surface area contributed by atoms with Crippen molar-refractivity contribution in [3.63, 3.8) is 0 Å². The molecule has 0 amide bonds. The van der Waals surface area contributed by atoms with Crippen molar-refractivity contribution >= 4 is 49.9 Å². The summed E-state index contributed by atoms with van der Waals surface area (Å²) in [6.45, 7) is 6.93. The highest BCUT2D eigenvalue weighted by Crippen LogP contribution is 2.30. The van der Waals surface area contributed by atoms with Crippen LogP contribution in [0.15, 0.2) is 40.1 Å². The lowest BCUT2D eigenvalue weighted by molar-refractivity contribution is 1.45. The van der Waals surface area contributed by atoms with Gasteiger partial charge in [-0.1, -0.05) is 30.9 Å². The van der Waals surface area contributed by atoms with Gasteiger partial charge in [0.15, 0.2) is 0 Å². The Kier molecular flexibility index (Phi) is 4.13. The van der Waals surface area contributed by atoms with E-state index in [0.717, 1.165) is 20.9 Å². The van der Waals surface area contributed by atoms with Crippen LogP contribution in [0.5, 0.6) is 0 Å². The van der Waals surface area contributed by atoms with Crippen molar-refractivity contribution < 1.29 is 0 Å². The minimum absolute atomic E-state index is 0.681. The topological polar surface area (TPSA) is 52.0 Å². The van der Waals surface area contributed by atoms with E-state index in [1.54, 1.807) is 0 Å². The number of hydrogen-bond donors (Lipinski definition) is 4. The number of nitrogens with two attached hydrogens (primary N) is 2. The van der Waals surface area contributed by atoms with Gasteiger partial charge in [0.1, 0.15) is 0 Å². The van der Waals surface area contributed by atoms with Crippen LogP contribution in [0.25, 0.3) is 11.1 Å². The second-order valence-electron chi connectivity index (χ2n) is 5.98. The SMILES string of the molecule is C[Si](C)(C)c1cc(S)c(N)cc1-c1ccc(S)c(N)c1. The van der Waals surface area contributed by atoms with Crippen molar-refractivity contribution in [1.82, 2.24) is 0 Å². The smallest absolute Gasteiger partial charge is 0.0784 e. The van der Waals surface area contributed by atoms with Crippen molar-refractivity contribution in [3.8, 4) is 11.1 Å². The first-order chi connectivity index (χ1) is 9.20. The Morgan fingerprint density at radius 2 is 1.45 bits per heavy atom. The molecule has 20 heavy (non-hydrogen) atoms. The van der Waals surface area contributed by atoms with E-state index in [1.165, 1.54) is 5.19 Å². The number of thiol groups is 2. The van der Waals surface area contributed by atoms with Crippen LogP contribution in [0.2, 0.25) is 19.6 Å². The average Bonchev–Trinajstić information content (AvgIpc) is 2.34. The summed E-state index contributed by atoms with van der Waals surface area (Å²) >= 11 is 8.78. The standard InChI is InChI=1S/C15H20N2S2Si/c1-20(2,3)15-8-14(19)12(17)7-10(15)9-4-5-13(18)11(16)6-9/h4-8,18-19H,16-17H2,1-3H3. The van der Waals surface area contributed by atoms with Gasteiger partial charge >= 0.3 is 0 Å². The minimum Gasteiger partial charge on any atom is -0.398 e. The van der Waals surface area contributed by atoms with E-state index in [4.69, 9.17) is 11.5 Å². The molecule has 2 rings (SSSR count). The van der Waals surface area contributed by atoms with Crippen molar-refractivity contribution in [2.45, 2.75) is 29.4 Å². The minimum atomic E-state index is -1.51. The van der Waals surface area contributed by atoms with E-state index in [0.29, 0.717) is 11.4 Å². The van der Waals surface area contributed by atoms with Crippen LogP contribution in [0.3, 0.4) is 0 Å². The van der Waals surface area contributed by atoms with Crippen molar-refractivity contribution in [1.29, 1.82) is 0 Å². The third kappa shape index (κ3) is 3.00. The lowest BCUT2D eigenvalue weighted by Crippen LogP contribution is -2.39. The van der Waals surface area contributed by atoms with Crippen LogP contribution in [0.4, 0.5) is 11.4 Å². The van der Waals surface area contributed by atoms with E-state index in [9.17, 15) is 0 Å². The highest BCUT2D eigenvalue weighted by molar-refractivity contribution is 7.80. The van der Waals surface area contributed by atoms with Gasteiger partial charge in [-0.2, -0.15) is 0 Å². The summed E-state index contributed by atoms with van der Waals surface area (Å²) in [6.07, 6.45) is 0. The van der Waals surface area contributed by atoms with Crippen LogP contribution in [-0.4, -0.2) is 8.07 Å². The van der Waals surface area contributed by atoms with Crippen LogP contribution in [0, 0.1) is 0 Å². The van der Waals surface area contributed by atoms with Crippen molar-refractivity contribution in [2.24, 2.45) is 0 Å². The molecule has 2 aromatic rings. The molecule has 106 valence electrons. The van der Waals surface area contributed by atoms with Gasteiger partial charge < -0.3 is 11.5 Å². The molecule has 0 aromatic heterocycles. The van der Waals surface area contributed by atoms with Gasteiger partial charge in [-0.15, -0.1) is 25.3 Å². The van der Waals surface area contributed by atoms with Crippen molar-refractivity contribution in [3.05, 3.63) is 30.3 Å². The van der Waals surface area contributed by atoms with Gasteiger partial charge in [-0.25, -0.2) is 0 Å². The van der Waals surface area contributed by atoms with Crippen LogP contribution in [0.1, 0.15) is 0 Å². The molecule has 0 aliphatic carbocycles. The summed E-state index contributed by atoms with van der Waals surface area (Å²) in [7, 11) is -1.51. The second kappa shape index (κ2) is 5.39. The van der Waals surface area contributed by atoms with E-state index >= 15 is 0 Å². The zero-order valence-electron chi connectivity index (χ0n) is 11.9. The third-order valence-electron chi connectivity index (χ3n) is 3.31. The molecule has 0 radical (unpaired) electrons. The highest BCUT2D eigenvalue weighted by Gasteiger charge is 2.22. The maximum Gasteiger partial charge on any atom is 0.0784 e. The second-order valence-corrected chi connectivity index (χ2v) is 12.0. The van der Waals surface area contributed by atoms with Gasteiger partial charge in [0.05, 0.1) is 8.07 Å². The molecule has 0 aliphatic heterocycles. The van der Waals surface area contributed by atoms with Crippen molar-refractivity contribution in [2.75, 3.05) is 11.5 Å². The summed E-state index contributed by atoms with van der Waals surface area (Å²) in [5.41, 5.74) is 15.6. The summed E-state index contributed by atoms with van der Waals surface area (Å²) in [5, 5.41) is 1.34. The third-order valence-corrected chi connectivity index (χ3v) is 6.14. The predicted molar refractivity (Wildman–Crippen MR) is 98.2 cm³/mol. The number of anilines is 2. The number of benzene rings is 2. The Morgan fingerprint density at radius 1 is 0.850 bits per heavy atom. The number of nitrogen functional groups attached to an aromatic ring is 2. The molecule has 0 aliphatic rings. The van der Waals surface area contributed by atoms with Crippen LogP contribution >= 0.6 is 25.3 Å². The zero-order chi connectivity index (χ0) is 15.1. The zero-order valence-corrected chi connectivity index (χ0v) is 14.7. The van der Waals surface area contributed by atoms with E-state index < -0.39 is 8.07 Å².